The fourth-order valence-corrected chi connectivity index (χ4v) is 4.86. The van der Waals surface area contributed by atoms with Crippen LogP contribution < -0.4 is 24.2 Å². The second-order valence-electron chi connectivity index (χ2n) is 8.86. The van der Waals surface area contributed by atoms with Gasteiger partial charge in [-0.3, -0.25) is 14.4 Å². The van der Waals surface area contributed by atoms with E-state index in [1.54, 1.807) is 36.4 Å². The molecule has 2 saturated heterocycles. The zero-order chi connectivity index (χ0) is 25.9. The molecule has 3 atom stereocenters. The Labute approximate surface area is 216 Å². The predicted octanol–water partition coefficient (Wildman–Crippen LogP) is 4.93. The van der Waals surface area contributed by atoms with Crippen molar-refractivity contribution in [2.24, 2.45) is 5.92 Å². The molecule has 2 aliphatic heterocycles. The van der Waals surface area contributed by atoms with Crippen LogP contribution in [-0.2, 0) is 14.4 Å². The number of hydroxylamine groups is 1. The van der Waals surface area contributed by atoms with Crippen molar-refractivity contribution in [3.8, 4) is 17.2 Å². The van der Waals surface area contributed by atoms with E-state index in [9.17, 15) is 9.59 Å². The first-order valence-electron chi connectivity index (χ1n) is 12.5. The van der Waals surface area contributed by atoms with Gasteiger partial charge in [-0.15, -0.1) is 0 Å². The van der Waals surface area contributed by atoms with Crippen LogP contribution in [-0.4, -0.2) is 38.2 Å². The van der Waals surface area contributed by atoms with Gasteiger partial charge in [0, 0.05) is 0 Å². The summed E-state index contributed by atoms with van der Waals surface area (Å²) in [5.41, 5.74) is 2.02. The van der Waals surface area contributed by atoms with Crippen LogP contribution in [0.25, 0.3) is 0 Å². The third kappa shape index (κ3) is 4.49. The lowest BCUT2D eigenvalue weighted by atomic mass is 9.90. The lowest BCUT2D eigenvalue weighted by molar-refractivity contribution is -0.126. The number of fused-ring (bicyclic) bond motifs is 1. The van der Waals surface area contributed by atoms with E-state index >= 15 is 0 Å². The number of hydrogen-bond acceptors (Lipinski definition) is 7. The Kier molecular flexibility index (Phi) is 7.01. The van der Waals surface area contributed by atoms with E-state index in [0.717, 1.165) is 17.7 Å². The summed E-state index contributed by atoms with van der Waals surface area (Å²) in [6, 6.07) is 21.5. The molecule has 2 heterocycles. The van der Waals surface area contributed by atoms with Crippen LogP contribution in [0.5, 0.6) is 17.2 Å². The Morgan fingerprint density at radius 2 is 1.59 bits per heavy atom. The molecule has 37 heavy (non-hydrogen) atoms. The molecule has 2 aliphatic rings. The summed E-state index contributed by atoms with van der Waals surface area (Å²) in [4.78, 5) is 34.8. The van der Waals surface area contributed by atoms with Crippen molar-refractivity contribution in [1.82, 2.24) is 0 Å². The van der Waals surface area contributed by atoms with Crippen molar-refractivity contribution >= 4 is 23.2 Å². The fraction of sp³-hybridized carbons (Fsp3) is 0.310. The second-order valence-corrected chi connectivity index (χ2v) is 8.86. The molecule has 8 heteroatoms. The van der Waals surface area contributed by atoms with Gasteiger partial charge in [0.1, 0.15) is 11.7 Å². The number of nitrogens with zero attached hydrogens (tertiary/aromatic N) is 2. The highest BCUT2D eigenvalue weighted by Gasteiger charge is 2.60. The van der Waals surface area contributed by atoms with Crippen LogP contribution >= 0.6 is 0 Å². The molecule has 0 radical (unpaired) electrons. The van der Waals surface area contributed by atoms with Gasteiger partial charge in [-0.2, -0.15) is 0 Å². The van der Waals surface area contributed by atoms with E-state index in [0.29, 0.717) is 36.1 Å². The molecule has 3 aromatic carbocycles. The summed E-state index contributed by atoms with van der Waals surface area (Å²) >= 11 is 0. The minimum Gasteiger partial charge on any atom is -0.494 e. The highest BCUT2D eigenvalue weighted by atomic mass is 16.7. The van der Waals surface area contributed by atoms with Crippen LogP contribution in [0, 0.1) is 5.92 Å². The highest BCUT2D eigenvalue weighted by Crippen LogP contribution is 2.48. The van der Waals surface area contributed by atoms with Gasteiger partial charge in [0.25, 0.3) is 5.91 Å². The first kappa shape index (κ1) is 24.6. The minimum atomic E-state index is -0.953. The topological polar surface area (TPSA) is 77.5 Å². The Bertz CT molecular complexity index is 1260. The minimum absolute atomic E-state index is 0.312. The number of carbonyl (C=O) groups is 2. The van der Waals surface area contributed by atoms with Crippen LogP contribution in [0.4, 0.5) is 11.4 Å². The zero-order valence-corrected chi connectivity index (χ0v) is 21.1. The summed E-state index contributed by atoms with van der Waals surface area (Å²) in [6.45, 7) is 5.03. The Hall–Kier alpha value is -4.04. The molecule has 5 rings (SSSR count). The van der Waals surface area contributed by atoms with E-state index in [4.69, 9.17) is 19.0 Å². The standard InChI is InChI=1S/C29H30N2O6/c1-4-17-36-23-16-11-19(18-24(23)34-3)26-25-27(37-31(26)21-9-7-6-8-10-21)29(33)30(28(25)32)20-12-14-22(15-13-20)35-5-2/h6-16,18,25-27H,4-5,17H2,1-3H3/t25-,26+,27+/m1/s1. The largest absolute Gasteiger partial charge is 0.494 e. The molecular formula is C29H30N2O6. The van der Waals surface area contributed by atoms with Crippen molar-refractivity contribution in [3.63, 3.8) is 0 Å². The number of hydrogen-bond donors (Lipinski definition) is 0. The molecule has 0 unspecified atom stereocenters. The maximum Gasteiger partial charge on any atom is 0.266 e. The van der Waals surface area contributed by atoms with Gasteiger partial charge in [-0.05, 0) is 67.4 Å². The summed E-state index contributed by atoms with van der Waals surface area (Å²) in [7, 11) is 1.58. The van der Waals surface area contributed by atoms with Crippen LogP contribution in [0.15, 0.2) is 72.8 Å². The summed E-state index contributed by atoms with van der Waals surface area (Å²) in [6.07, 6.45) is -0.0865. The SMILES string of the molecule is CCCOc1ccc([C@H]2[C@H]3C(=O)N(c4ccc(OCC)cc4)C(=O)[C@H]3ON2c2ccccc2)cc1OC. The monoisotopic (exact) mass is 502 g/mol. The number of anilines is 2. The summed E-state index contributed by atoms with van der Waals surface area (Å²) in [5.74, 6) is 0.409. The van der Waals surface area contributed by atoms with Crippen molar-refractivity contribution in [1.29, 1.82) is 0 Å². The third-order valence-corrected chi connectivity index (χ3v) is 6.52. The Balaban J connectivity index is 1.53. The van der Waals surface area contributed by atoms with Crippen molar-refractivity contribution in [3.05, 3.63) is 78.4 Å². The summed E-state index contributed by atoms with van der Waals surface area (Å²) < 4.78 is 16.9. The highest BCUT2D eigenvalue weighted by molar-refractivity contribution is 6.23. The molecule has 0 spiro atoms. The van der Waals surface area contributed by atoms with Crippen molar-refractivity contribution in [2.75, 3.05) is 30.3 Å². The first-order chi connectivity index (χ1) is 18.1. The van der Waals surface area contributed by atoms with Crippen molar-refractivity contribution in [2.45, 2.75) is 32.4 Å². The van der Waals surface area contributed by atoms with E-state index in [1.807, 2.05) is 62.4 Å². The number of ether oxygens (including phenoxy) is 3. The smallest absolute Gasteiger partial charge is 0.266 e. The van der Waals surface area contributed by atoms with E-state index < -0.39 is 24.0 Å². The number of amides is 2. The maximum absolute atomic E-state index is 13.8. The van der Waals surface area contributed by atoms with Gasteiger partial charge in [0.15, 0.2) is 17.6 Å². The van der Waals surface area contributed by atoms with Gasteiger partial charge in [0.05, 0.1) is 37.7 Å². The van der Waals surface area contributed by atoms with Gasteiger partial charge < -0.3 is 14.2 Å². The first-order valence-corrected chi connectivity index (χ1v) is 12.5. The Morgan fingerprint density at radius 3 is 2.27 bits per heavy atom. The average Bonchev–Trinajstić information content (AvgIpc) is 3.44. The van der Waals surface area contributed by atoms with Gasteiger partial charge in [0.2, 0.25) is 5.91 Å². The molecule has 8 nitrogen and oxygen atoms in total. The van der Waals surface area contributed by atoms with Crippen molar-refractivity contribution < 1.29 is 28.6 Å². The molecule has 192 valence electrons. The molecule has 0 aromatic heterocycles. The molecule has 3 aromatic rings. The maximum atomic E-state index is 13.8. The molecule has 0 bridgehead atoms. The number of benzene rings is 3. The zero-order valence-electron chi connectivity index (χ0n) is 21.1. The van der Waals surface area contributed by atoms with E-state index in [2.05, 4.69) is 0 Å². The second kappa shape index (κ2) is 10.5. The van der Waals surface area contributed by atoms with Crippen LogP contribution in [0.3, 0.4) is 0 Å². The molecule has 0 N–H and O–H groups in total. The van der Waals surface area contributed by atoms with Crippen LogP contribution in [0.1, 0.15) is 31.9 Å². The number of carbonyl (C=O) groups excluding carboxylic acids is 2. The molecule has 0 aliphatic carbocycles. The molecule has 2 fully saturated rings. The number of rotatable bonds is 9. The quantitative estimate of drug-likeness (QED) is 0.384. The summed E-state index contributed by atoms with van der Waals surface area (Å²) in [5, 5.41) is 1.67. The predicted molar refractivity (Wildman–Crippen MR) is 139 cm³/mol. The number of imide groups is 1. The molecular weight excluding hydrogens is 472 g/mol. The lowest BCUT2D eigenvalue weighted by Crippen LogP contribution is -2.37. The Morgan fingerprint density at radius 1 is 0.838 bits per heavy atom. The van der Waals surface area contributed by atoms with E-state index in [1.165, 1.54) is 4.90 Å². The number of para-hydroxylation sites is 1. The lowest BCUT2D eigenvalue weighted by Gasteiger charge is -2.29. The normalized spacial score (nSPS) is 20.8. The van der Waals surface area contributed by atoms with Gasteiger partial charge in [-0.1, -0.05) is 31.2 Å². The van der Waals surface area contributed by atoms with Gasteiger partial charge in [-0.25, -0.2) is 9.96 Å². The molecule has 0 saturated carbocycles. The average molecular weight is 503 g/mol. The fourth-order valence-electron chi connectivity index (χ4n) is 4.86. The van der Waals surface area contributed by atoms with Crippen LogP contribution in [0.2, 0.25) is 0 Å². The number of methoxy groups -OCH3 is 1. The third-order valence-electron chi connectivity index (χ3n) is 6.52. The molecule has 2 amide bonds. The van der Waals surface area contributed by atoms with Gasteiger partial charge >= 0.3 is 0 Å². The van der Waals surface area contributed by atoms with E-state index in [-0.39, 0.29) is 5.91 Å².